The number of pyridine rings is 1. The second-order valence-electron chi connectivity index (χ2n) is 5.44. The molecule has 2 rings (SSSR count). The smallest absolute Gasteiger partial charge is 0.328 e. The molecular formula is C14H18N4O2. The van der Waals surface area contributed by atoms with E-state index in [1.165, 1.54) is 25.1 Å². The van der Waals surface area contributed by atoms with Crippen molar-refractivity contribution in [1.82, 2.24) is 4.98 Å². The minimum Gasteiger partial charge on any atom is -0.364 e. The Morgan fingerprint density at radius 1 is 1.60 bits per heavy atom. The van der Waals surface area contributed by atoms with Crippen molar-refractivity contribution >= 4 is 11.5 Å². The number of nitrogens with zero attached hydrogens (tertiary/aromatic N) is 3. The molecule has 1 aromatic rings. The number of anilines is 1. The molecule has 0 aliphatic heterocycles. The molecule has 0 saturated heterocycles. The Hall–Kier alpha value is -2.16. The molecule has 1 aromatic heterocycles. The van der Waals surface area contributed by atoms with Crippen molar-refractivity contribution < 1.29 is 4.92 Å². The molecule has 2 unspecified atom stereocenters. The Labute approximate surface area is 118 Å². The van der Waals surface area contributed by atoms with Crippen LogP contribution in [-0.2, 0) is 0 Å². The van der Waals surface area contributed by atoms with Crippen molar-refractivity contribution in [2.75, 3.05) is 11.9 Å². The van der Waals surface area contributed by atoms with E-state index in [1.54, 1.807) is 0 Å². The normalized spacial score (nSPS) is 22.0. The first-order valence-corrected chi connectivity index (χ1v) is 6.89. The summed E-state index contributed by atoms with van der Waals surface area (Å²) >= 11 is 0. The van der Waals surface area contributed by atoms with E-state index < -0.39 is 4.92 Å². The topological polar surface area (TPSA) is 91.8 Å². The summed E-state index contributed by atoms with van der Waals surface area (Å²) in [4.78, 5) is 14.5. The van der Waals surface area contributed by atoms with Crippen LogP contribution in [0.3, 0.4) is 0 Å². The lowest BCUT2D eigenvalue weighted by molar-refractivity contribution is -0.384. The lowest BCUT2D eigenvalue weighted by Crippen LogP contribution is -2.21. The highest BCUT2D eigenvalue weighted by Gasteiger charge is 2.23. The molecule has 1 heterocycles. The van der Waals surface area contributed by atoms with Gasteiger partial charge in [-0.2, -0.15) is 5.26 Å². The lowest BCUT2D eigenvalue weighted by atomic mass is 9.82. The summed E-state index contributed by atoms with van der Waals surface area (Å²) in [5.41, 5.74) is -0.177. The van der Waals surface area contributed by atoms with Gasteiger partial charge in [0.15, 0.2) is 0 Å². The zero-order valence-electron chi connectivity index (χ0n) is 11.5. The zero-order chi connectivity index (χ0) is 14.5. The number of aromatic nitrogens is 1. The van der Waals surface area contributed by atoms with Crippen LogP contribution in [0.2, 0.25) is 0 Å². The van der Waals surface area contributed by atoms with Crippen LogP contribution in [0, 0.1) is 33.3 Å². The van der Waals surface area contributed by atoms with Gasteiger partial charge in [0.05, 0.1) is 4.92 Å². The maximum absolute atomic E-state index is 11.1. The first kappa shape index (κ1) is 14.3. The van der Waals surface area contributed by atoms with E-state index in [0.717, 1.165) is 12.8 Å². The van der Waals surface area contributed by atoms with Gasteiger partial charge in [-0.05, 0) is 30.7 Å². The molecule has 0 amide bonds. The minimum absolute atomic E-state index is 0.0458. The Kier molecular flexibility index (Phi) is 4.51. The Morgan fingerprint density at radius 2 is 2.40 bits per heavy atom. The van der Waals surface area contributed by atoms with E-state index in [-0.39, 0.29) is 17.1 Å². The largest absolute Gasteiger partial charge is 0.364 e. The molecule has 1 aliphatic carbocycles. The van der Waals surface area contributed by atoms with Crippen LogP contribution in [0.15, 0.2) is 12.3 Å². The quantitative estimate of drug-likeness (QED) is 0.672. The molecule has 6 heteroatoms. The number of hydrogen-bond acceptors (Lipinski definition) is 5. The van der Waals surface area contributed by atoms with Crippen molar-refractivity contribution in [3.63, 3.8) is 0 Å². The van der Waals surface area contributed by atoms with Crippen molar-refractivity contribution in [2.45, 2.75) is 32.6 Å². The SMILES string of the molecule is CC1CCCC(CNc2nccc(C#N)c2[N+](=O)[O-])C1. The van der Waals surface area contributed by atoms with Crippen molar-refractivity contribution in [3.05, 3.63) is 27.9 Å². The fourth-order valence-corrected chi connectivity index (χ4v) is 2.84. The summed E-state index contributed by atoms with van der Waals surface area (Å²) in [5, 5.41) is 23.1. The molecule has 2 atom stereocenters. The molecule has 0 spiro atoms. The van der Waals surface area contributed by atoms with E-state index in [4.69, 9.17) is 5.26 Å². The third kappa shape index (κ3) is 3.23. The van der Waals surface area contributed by atoms with Crippen LogP contribution in [0.1, 0.15) is 38.2 Å². The van der Waals surface area contributed by atoms with E-state index >= 15 is 0 Å². The molecule has 1 aliphatic rings. The van der Waals surface area contributed by atoms with E-state index in [0.29, 0.717) is 18.4 Å². The van der Waals surface area contributed by atoms with Gasteiger partial charge in [-0.1, -0.05) is 19.8 Å². The summed E-state index contributed by atoms with van der Waals surface area (Å²) in [7, 11) is 0. The van der Waals surface area contributed by atoms with Gasteiger partial charge in [0, 0.05) is 12.7 Å². The summed E-state index contributed by atoms with van der Waals surface area (Å²) in [6.45, 7) is 2.91. The predicted molar refractivity (Wildman–Crippen MR) is 75.2 cm³/mol. The van der Waals surface area contributed by atoms with E-state index in [9.17, 15) is 10.1 Å². The van der Waals surface area contributed by atoms with Gasteiger partial charge < -0.3 is 5.32 Å². The van der Waals surface area contributed by atoms with Gasteiger partial charge in [0.2, 0.25) is 5.82 Å². The van der Waals surface area contributed by atoms with Crippen LogP contribution in [0.4, 0.5) is 11.5 Å². The number of hydrogen-bond donors (Lipinski definition) is 1. The Bertz CT molecular complexity index is 538. The van der Waals surface area contributed by atoms with Crippen molar-refractivity contribution in [2.24, 2.45) is 11.8 Å². The van der Waals surface area contributed by atoms with Crippen LogP contribution < -0.4 is 5.32 Å². The van der Waals surface area contributed by atoms with Crippen molar-refractivity contribution in [1.29, 1.82) is 5.26 Å². The monoisotopic (exact) mass is 274 g/mol. The minimum atomic E-state index is -0.544. The predicted octanol–water partition coefficient (Wildman–Crippen LogP) is 3.10. The molecule has 1 saturated carbocycles. The van der Waals surface area contributed by atoms with Crippen LogP contribution >= 0.6 is 0 Å². The molecular weight excluding hydrogens is 256 g/mol. The fraction of sp³-hybridized carbons (Fsp3) is 0.571. The second-order valence-corrected chi connectivity index (χ2v) is 5.44. The Morgan fingerprint density at radius 3 is 3.05 bits per heavy atom. The van der Waals surface area contributed by atoms with Crippen LogP contribution in [0.25, 0.3) is 0 Å². The van der Waals surface area contributed by atoms with Gasteiger partial charge in [0.25, 0.3) is 0 Å². The number of rotatable bonds is 4. The molecule has 0 bridgehead atoms. The number of nitrogens with one attached hydrogen (secondary N) is 1. The van der Waals surface area contributed by atoms with Gasteiger partial charge in [-0.3, -0.25) is 10.1 Å². The molecule has 106 valence electrons. The number of nitriles is 1. The standard InChI is InChI=1S/C14H18N4O2/c1-10-3-2-4-11(7-10)9-17-14-13(18(19)20)12(8-15)5-6-16-14/h5-6,10-11H,2-4,7,9H2,1H3,(H,16,17). The summed E-state index contributed by atoms with van der Waals surface area (Å²) in [6.07, 6.45) is 6.18. The van der Waals surface area contributed by atoms with Gasteiger partial charge >= 0.3 is 5.69 Å². The summed E-state index contributed by atoms with van der Waals surface area (Å²) in [6, 6.07) is 3.21. The van der Waals surface area contributed by atoms with Crippen LogP contribution in [-0.4, -0.2) is 16.5 Å². The van der Waals surface area contributed by atoms with Gasteiger partial charge in [-0.15, -0.1) is 0 Å². The Balaban J connectivity index is 2.09. The third-order valence-electron chi connectivity index (χ3n) is 3.83. The summed E-state index contributed by atoms with van der Waals surface area (Å²) in [5.74, 6) is 1.43. The average molecular weight is 274 g/mol. The van der Waals surface area contributed by atoms with E-state index in [2.05, 4.69) is 17.2 Å². The molecule has 0 aromatic carbocycles. The first-order valence-electron chi connectivity index (χ1n) is 6.89. The van der Waals surface area contributed by atoms with Gasteiger partial charge in [0.1, 0.15) is 11.6 Å². The molecule has 20 heavy (non-hydrogen) atoms. The molecule has 1 fully saturated rings. The summed E-state index contributed by atoms with van der Waals surface area (Å²) < 4.78 is 0. The average Bonchev–Trinajstić information content (AvgIpc) is 2.44. The molecule has 1 N–H and O–H groups in total. The van der Waals surface area contributed by atoms with Crippen molar-refractivity contribution in [3.8, 4) is 6.07 Å². The second kappa shape index (κ2) is 6.33. The highest BCUT2D eigenvalue weighted by atomic mass is 16.6. The third-order valence-corrected chi connectivity index (χ3v) is 3.83. The maximum Gasteiger partial charge on any atom is 0.328 e. The molecule has 6 nitrogen and oxygen atoms in total. The van der Waals surface area contributed by atoms with E-state index in [1.807, 2.05) is 6.07 Å². The fourth-order valence-electron chi connectivity index (χ4n) is 2.84. The zero-order valence-corrected chi connectivity index (χ0v) is 11.5. The van der Waals surface area contributed by atoms with Crippen LogP contribution in [0.5, 0.6) is 0 Å². The lowest BCUT2D eigenvalue weighted by Gasteiger charge is -2.26. The number of nitro groups is 1. The molecule has 0 radical (unpaired) electrons. The first-order chi connectivity index (χ1) is 9.61. The maximum atomic E-state index is 11.1. The highest BCUT2D eigenvalue weighted by molar-refractivity contribution is 5.64. The highest BCUT2D eigenvalue weighted by Crippen LogP contribution is 2.30. The van der Waals surface area contributed by atoms with Gasteiger partial charge in [-0.25, -0.2) is 4.98 Å².